The van der Waals surface area contributed by atoms with Gasteiger partial charge in [-0.3, -0.25) is 9.89 Å². The molecule has 2 N–H and O–H groups in total. The van der Waals surface area contributed by atoms with E-state index in [4.69, 9.17) is 0 Å². The molecule has 0 saturated heterocycles. The number of carbonyl (C=O) groups is 1. The van der Waals surface area contributed by atoms with Gasteiger partial charge in [0.25, 0.3) is 0 Å². The number of aromatic nitrogens is 3. The Hall–Kier alpha value is -2.40. The van der Waals surface area contributed by atoms with Gasteiger partial charge in [-0.2, -0.15) is 5.10 Å². The fraction of sp³-hybridized carbons (Fsp3) is 0.0667. The summed E-state index contributed by atoms with van der Waals surface area (Å²) in [4.78, 5) is 14.8. The molecule has 0 saturated carbocycles. The summed E-state index contributed by atoms with van der Waals surface area (Å²) >= 11 is 1.67. The van der Waals surface area contributed by atoms with Crippen LogP contribution in [0.5, 0.6) is 0 Å². The Morgan fingerprint density at radius 2 is 2.10 bits per heavy atom. The van der Waals surface area contributed by atoms with E-state index in [0.29, 0.717) is 5.56 Å². The normalized spacial score (nSPS) is 11.4. The highest BCUT2D eigenvalue weighted by molar-refractivity contribution is 7.17. The van der Waals surface area contributed by atoms with Crippen molar-refractivity contribution in [1.82, 2.24) is 15.2 Å². The lowest BCUT2D eigenvalue weighted by atomic mass is 10.1. The zero-order valence-corrected chi connectivity index (χ0v) is 11.5. The number of nitrogens with zero attached hydrogens (tertiary/aromatic N) is 1. The average molecular weight is 281 g/mol. The van der Waals surface area contributed by atoms with Crippen LogP contribution in [0.4, 0.5) is 0 Å². The van der Waals surface area contributed by atoms with Crippen LogP contribution in [-0.2, 0) is 0 Å². The summed E-state index contributed by atoms with van der Waals surface area (Å²) in [6.07, 6.45) is 0. The topological polar surface area (TPSA) is 61.5 Å². The highest BCUT2D eigenvalue weighted by Crippen LogP contribution is 2.31. The summed E-state index contributed by atoms with van der Waals surface area (Å²) in [6.45, 7) is 1.58. The predicted molar refractivity (Wildman–Crippen MR) is 81.3 cm³/mol. The Labute approximate surface area is 118 Å². The fourth-order valence-electron chi connectivity index (χ4n) is 2.40. The second kappa shape index (κ2) is 4.05. The standard InChI is InChI=1S/C15H11N3OS/c1-8(19)9-2-3-10-7-13(16-12(10)6-9)14-15-11(17-18-14)4-5-20-15/h2-7,16H,1H3,(H,17,18). The molecule has 0 radical (unpaired) electrons. The second-order valence-corrected chi connectivity index (χ2v) is 5.69. The van der Waals surface area contributed by atoms with Crippen LogP contribution in [0.25, 0.3) is 32.5 Å². The molecule has 0 aliphatic carbocycles. The average Bonchev–Trinajstić information content (AvgIpc) is 3.11. The first kappa shape index (κ1) is 11.4. The van der Waals surface area contributed by atoms with Crippen molar-refractivity contribution in [2.24, 2.45) is 0 Å². The number of carbonyl (C=O) groups excluding carboxylic acids is 1. The third-order valence-electron chi connectivity index (χ3n) is 3.45. The maximum atomic E-state index is 11.4. The van der Waals surface area contributed by atoms with E-state index >= 15 is 0 Å². The minimum atomic E-state index is 0.0727. The van der Waals surface area contributed by atoms with Gasteiger partial charge in [0, 0.05) is 16.5 Å². The van der Waals surface area contributed by atoms with Crippen molar-refractivity contribution in [1.29, 1.82) is 0 Å². The zero-order chi connectivity index (χ0) is 13.7. The molecule has 0 aliphatic heterocycles. The Bertz CT molecular complexity index is 944. The van der Waals surface area contributed by atoms with Crippen LogP contribution in [0, 0.1) is 0 Å². The minimum absolute atomic E-state index is 0.0727. The Morgan fingerprint density at radius 3 is 2.95 bits per heavy atom. The van der Waals surface area contributed by atoms with E-state index < -0.39 is 0 Å². The molecule has 3 heterocycles. The molecule has 20 heavy (non-hydrogen) atoms. The molecule has 0 unspecified atom stereocenters. The SMILES string of the molecule is CC(=O)c1ccc2cc(-c3n[nH]c4ccsc34)[nH]c2c1. The van der Waals surface area contributed by atoms with Gasteiger partial charge in [-0.15, -0.1) is 11.3 Å². The highest BCUT2D eigenvalue weighted by atomic mass is 32.1. The summed E-state index contributed by atoms with van der Waals surface area (Å²) in [5.74, 6) is 0.0727. The van der Waals surface area contributed by atoms with Crippen molar-refractivity contribution >= 4 is 38.2 Å². The first-order valence-electron chi connectivity index (χ1n) is 6.28. The Kier molecular flexibility index (Phi) is 2.31. The van der Waals surface area contributed by atoms with Crippen molar-refractivity contribution in [3.8, 4) is 11.4 Å². The number of aromatic amines is 2. The predicted octanol–water partition coefficient (Wildman–Crippen LogP) is 3.98. The van der Waals surface area contributed by atoms with Crippen LogP contribution in [-0.4, -0.2) is 21.0 Å². The third-order valence-corrected chi connectivity index (χ3v) is 4.37. The van der Waals surface area contributed by atoms with Gasteiger partial charge < -0.3 is 4.98 Å². The third kappa shape index (κ3) is 1.60. The number of nitrogens with one attached hydrogen (secondary N) is 2. The Balaban J connectivity index is 1.92. The maximum Gasteiger partial charge on any atom is 0.159 e. The first-order valence-corrected chi connectivity index (χ1v) is 7.16. The van der Waals surface area contributed by atoms with Crippen molar-refractivity contribution in [3.63, 3.8) is 0 Å². The number of hydrogen-bond donors (Lipinski definition) is 2. The van der Waals surface area contributed by atoms with Gasteiger partial charge >= 0.3 is 0 Å². The van der Waals surface area contributed by atoms with Gasteiger partial charge in [0.15, 0.2) is 5.78 Å². The molecule has 4 nitrogen and oxygen atoms in total. The number of ketones is 1. The van der Waals surface area contributed by atoms with Crippen LogP contribution >= 0.6 is 11.3 Å². The van der Waals surface area contributed by atoms with Crippen LogP contribution in [0.3, 0.4) is 0 Å². The van der Waals surface area contributed by atoms with E-state index in [1.165, 1.54) is 0 Å². The molecule has 4 rings (SSSR count). The smallest absolute Gasteiger partial charge is 0.159 e. The maximum absolute atomic E-state index is 11.4. The lowest BCUT2D eigenvalue weighted by Crippen LogP contribution is -1.90. The van der Waals surface area contributed by atoms with E-state index in [1.807, 2.05) is 29.6 Å². The number of rotatable bonds is 2. The van der Waals surface area contributed by atoms with Crippen LogP contribution < -0.4 is 0 Å². The van der Waals surface area contributed by atoms with E-state index in [1.54, 1.807) is 18.3 Å². The van der Waals surface area contributed by atoms with Gasteiger partial charge in [-0.25, -0.2) is 0 Å². The lowest BCUT2D eigenvalue weighted by Gasteiger charge is -1.94. The molecule has 98 valence electrons. The van der Waals surface area contributed by atoms with E-state index in [2.05, 4.69) is 21.2 Å². The minimum Gasteiger partial charge on any atom is -0.353 e. The highest BCUT2D eigenvalue weighted by Gasteiger charge is 2.12. The van der Waals surface area contributed by atoms with Gasteiger partial charge in [0.05, 0.1) is 15.9 Å². The van der Waals surface area contributed by atoms with Crippen LogP contribution in [0.2, 0.25) is 0 Å². The molecule has 0 atom stereocenters. The van der Waals surface area contributed by atoms with Gasteiger partial charge in [-0.05, 0) is 30.5 Å². The number of hydrogen-bond acceptors (Lipinski definition) is 3. The second-order valence-electron chi connectivity index (χ2n) is 4.78. The van der Waals surface area contributed by atoms with Gasteiger partial charge in [0.1, 0.15) is 5.69 Å². The van der Waals surface area contributed by atoms with Crippen LogP contribution in [0.15, 0.2) is 35.7 Å². The summed E-state index contributed by atoms with van der Waals surface area (Å²) in [7, 11) is 0. The molecule has 1 aromatic carbocycles. The number of benzene rings is 1. The molecule has 4 aromatic rings. The van der Waals surface area contributed by atoms with E-state index in [0.717, 1.165) is 32.5 Å². The number of H-pyrrole nitrogens is 2. The van der Waals surface area contributed by atoms with Crippen molar-refractivity contribution < 1.29 is 4.79 Å². The van der Waals surface area contributed by atoms with Crippen molar-refractivity contribution in [2.75, 3.05) is 0 Å². The van der Waals surface area contributed by atoms with Gasteiger partial charge in [0.2, 0.25) is 0 Å². The molecular formula is C15H11N3OS. The molecule has 0 spiro atoms. The van der Waals surface area contributed by atoms with E-state index in [-0.39, 0.29) is 5.78 Å². The number of thiophene rings is 1. The van der Waals surface area contributed by atoms with E-state index in [9.17, 15) is 4.79 Å². The monoisotopic (exact) mass is 281 g/mol. The largest absolute Gasteiger partial charge is 0.353 e. The van der Waals surface area contributed by atoms with Crippen molar-refractivity contribution in [2.45, 2.75) is 6.92 Å². The summed E-state index contributed by atoms with van der Waals surface area (Å²) in [5, 5.41) is 10.5. The van der Waals surface area contributed by atoms with Crippen molar-refractivity contribution in [3.05, 3.63) is 41.3 Å². The molecule has 5 heteroatoms. The molecule has 0 aliphatic rings. The molecule has 0 bridgehead atoms. The fourth-order valence-corrected chi connectivity index (χ4v) is 3.25. The molecule has 3 aromatic heterocycles. The molecule has 0 fully saturated rings. The first-order chi connectivity index (χ1) is 9.72. The summed E-state index contributed by atoms with van der Waals surface area (Å²) in [5.41, 5.74) is 4.62. The molecule has 0 amide bonds. The molecular weight excluding hydrogens is 270 g/mol. The quantitative estimate of drug-likeness (QED) is 0.546. The lowest BCUT2D eigenvalue weighted by molar-refractivity contribution is 0.101. The van der Waals surface area contributed by atoms with Gasteiger partial charge in [-0.1, -0.05) is 12.1 Å². The summed E-state index contributed by atoms with van der Waals surface area (Å²) < 4.78 is 1.14. The zero-order valence-electron chi connectivity index (χ0n) is 10.7. The number of Topliss-reactive ketones (excluding diaryl/α,β-unsaturated/α-hetero) is 1. The number of fused-ring (bicyclic) bond motifs is 2. The summed E-state index contributed by atoms with van der Waals surface area (Å²) in [6, 6.07) is 9.79. The Morgan fingerprint density at radius 1 is 1.20 bits per heavy atom. The van der Waals surface area contributed by atoms with Crippen LogP contribution in [0.1, 0.15) is 17.3 Å².